The molecular weight excluding hydrogens is 214 g/mol. The van der Waals surface area contributed by atoms with Crippen LogP contribution >= 0.6 is 0 Å². The van der Waals surface area contributed by atoms with E-state index in [1.165, 1.54) is 0 Å². The molecule has 17 heavy (non-hydrogen) atoms. The van der Waals surface area contributed by atoms with Crippen LogP contribution in [-0.2, 0) is 17.8 Å². The lowest BCUT2D eigenvalue weighted by atomic mass is 9.79. The number of nitrogens with zero attached hydrogens (tertiary/aromatic N) is 2. The third-order valence-corrected chi connectivity index (χ3v) is 4.13. The summed E-state index contributed by atoms with van der Waals surface area (Å²) in [5.41, 5.74) is 5.72. The van der Waals surface area contributed by atoms with Gasteiger partial charge in [-0.3, -0.25) is 4.79 Å². The minimum atomic E-state index is -0.343. The fourth-order valence-electron chi connectivity index (χ4n) is 2.68. The third-order valence-electron chi connectivity index (χ3n) is 4.13. The second-order valence-electron chi connectivity index (χ2n) is 5.15. The summed E-state index contributed by atoms with van der Waals surface area (Å²) < 4.78 is 2.02. The topological polar surface area (TPSA) is 60.9 Å². The standard InChI is InChI=1S/C13H21N3O/c1-3-16-8-7-15-12(16)9-11(17)13(2)6-4-5-10(13)14/h7-8,10H,3-6,9,14H2,1-2H3. The van der Waals surface area contributed by atoms with Gasteiger partial charge in [0.25, 0.3) is 0 Å². The van der Waals surface area contributed by atoms with Crippen molar-refractivity contribution in [3.63, 3.8) is 0 Å². The fourth-order valence-corrected chi connectivity index (χ4v) is 2.68. The SMILES string of the molecule is CCn1ccnc1CC(=O)C1(C)CCCC1N. The highest BCUT2D eigenvalue weighted by molar-refractivity contribution is 5.87. The summed E-state index contributed by atoms with van der Waals surface area (Å²) in [6, 6.07) is 0.0139. The number of imidazole rings is 1. The van der Waals surface area contributed by atoms with E-state index in [9.17, 15) is 4.79 Å². The van der Waals surface area contributed by atoms with Crippen molar-refractivity contribution < 1.29 is 4.79 Å². The van der Waals surface area contributed by atoms with E-state index in [-0.39, 0.29) is 17.2 Å². The quantitative estimate of drug-likeness (QED) is 0.861. The lowest BCUT2D eigenvalue weighted by molar-refractivity contribution is -0.127. The molecule has 1 fully saturated rings. The molecule has 2 rings (SSSR count). The zero-order chi connectivity index (χ0) is 12.5. The summed E-state index contributed by atoms with van der Waals surface area (Å²) in [7, 11) is 0. The first-order chi connectivity index (χ1) is 8.08. The molecule has 0 aliphatic heterocycles. The number of carbonyl (C=O) groups is 1. The molecule has 2 unspecified atom stereocenters. The first kappa shape index (κ1) is 12.3. The molecule has 0 saturated heterocycles. The number of rotatable bonds is 4. The van der Waals surface area contributed by atoms with Crippen molar-refractivity contribution in [1.82, 2.24) is 9.55 Å². The number of Topliss-reactive ketones (excluding diaryl/α,β-unsaturated/α-hetero) is 1. The molecule has 4 heteroatoms. The Labute approximate surface area is 102 Å². The highest BCUT2D eigenvalue weighted by Gasteiger charge is 2.42. The molecule has 1 heterocycles. The highest BCUT2D eigenvalue weighted by Crippen LogP contribution is 2.38. The normalized spacial score (nSPS) is 28.5. The maximum atomic E-state index is 12.4. The summed E-state index contributed by atoms with van der Waals surface area (Å²) in [6.07, 6.45) is 7.02. The molecule has 1 saturated carbocycles. The molecule has 0 amide bonds. The van der Waals surface area contributed by atoms with Crippen LogP contribution < -0.4 is 5.73 Å². The van der Waals surface area contributed by atoms with Crippen LogP contribution in [0, 0.1) is 5.41 Å². The third kappa shape index (κ3) is 2.14. The second-order valence-corrected chi connectivity index (χ2v) is 5.15. The van der Waals surface area contributed by atoms with Gasteiger partial charge in [0, 0.05) is 30.4 Å². The predicted molar refractivity (Wildman–Crippen MR) is 66.5 cm³/mol. The van der Waals surface area contributed by atoms with Crippen molar-refractivity contribution in [2.45, 2.75) is 52.1 Å². The molecule has 0 radical (unpaired) electrons. The van der Waals surface area contributed by atoms with Crippen LogP contribution in [0.2, 0.25) is 0 Å². The Morgan fingerprint density at radius 1 is 1.71 bits per heavy atom. The highest BCUT2D eigenvalue weighted by atomic mass is 16.1. The van der Waals surface area contributed by atoms with E-state index in [1.54, 1.807) is 6.20 Å². The first-order valence-corrected chi connectivity index (χ1v) is 6.37. The van der Waals surface area contributed by atoms with E-state index in [0.29, 0.717) is 6.42 Å². The fraction of sp³-hybridized carbons (Fsp3) is 0.692. The van der Waals surface area contributed by atoms with E-state index < -0.39 is 0 Å². The Morgan fingerprint density at radius 3 is 3.06 bits per heavy atom. The largest absolute Gasteiger partial charge is 0.335 e. The van der Waals surface area contributed by atoms with Gasteiger partial charge in [-0.25, -0.2) is 4.98 Å². The zero-order valence-corrected chi connectivity index (χ0v) is 10.6. The number of hydrogen-bond acceptors (Lipinski definition) is 3. The lowest BCUT2D eigenvalue weighted by Gasteiger charge is -2.27. The van der Waals surface area contributed by atoms with Gasteiger partial charge in [-0.15, -0.1) is 0 Å². The van der Waals surface area contributed by atoms with Gasteiger partial charge in [-0.2, -0.15) is 0 Å². The molecule has 1 aromatic heterocycles. The maximum Gasteiger partial charge on any atom is 0.147 e. The van der Waals surface area contributed by atoms with Crippen molar-refractivity contribution in [1.29, 1.82) is 0 Å². The van der Waals surface area contributed by atoms with E-state index in [0.717, 1.165) is 31.6 Å². The van der Waals surface area contributed by atoms with Crippen LogP contribution in [0.15, 0.2) is 12.4 Å². The number of aromatic nitrogens is 2. The summed E-state index contributed by atoms with van der Waals surface area (Å²) in [4.78, 5) is 16.6. The van der Waals surface area contributed by atoms with Crippen molar-refractivity contribution in [2.24, 2.45) is 11.1 Å². The lowest BCUT2D eigenvalue weighted by Crippen LogP contribution is -2.42. The Balaban J connectivity index is 2.12. The molecule has 1 aliphatic rings. The number of ketones is 1. The van der Waals surface area contributed by atoms with Gasteiger partial charge in [0.05, 0.1) is 6.42 Å². The monoisotopic (exact) mass is 235 g/mol. The van der Waals surface area contributed by atoms with Crippen LogP contribution in [0.5, 0.6) is 0 Å². The van der Waals surface area contributed by atoms with E-state index >= 15 is 0 Å². The van der Waals surface area contributed by atoms with E-state index in [2.05, 4.69) is 11.9 Å². The molecule has 2 N–H and O–H groups in total. The van der Waals surface area contributed by atoms with Crippen molar-refractivity contribution >= 4 is 5.78 Å². The molecule has 0 bridgehead atoms. The number of nitrogens with two attached hydrogens (primary N) is 1. The Kier molecular flexibility index (Phi) is 3.33. The van der Waals surface area contributed by atoms with Crippen molar-refractivity contribution in [3.8, 4) is 0 Å². The molecule has 0 aromatic carbocycles. The molecule has 4 nitrogen and oxygen atoms in total. The van der Waals surface area contributed by atoms with Gasteiger partial charge in [0.2, 0.25) is 0 Å². The number of carbonyl (C=O) groups excluding carboxylic acids is 1. The first-order valence-electron chi connectivity index (χ1n) is 6.37. The minimum absolute atomic E-state index is 0.0139. The van der Waals surface area contributed by atoms with Crippen LogP contribution in [0.25, 0.3) is 0 Å². The van der Waals surface area contributed by atoms with Crippen LogP contribution in [0.4, 0.5) is 0 Å². The van der Waals surface area contributed by atoms with Gasteiger partial charge in [0.1, 0.15) is 11.6 Å². The number of hydrogen-bond donors (Lipinski definition) is 1. The summed E-state index contributed by atoms with van der Waals surface area (Å²) >= 11 is 0. The Morgan fingerprint density at radius 2 is 2.47 bits per heavy atom. The summed E-state index contributed by atoms with van der Waals surface area (Å²) in [5.74, 6) is 1.10. The molecule has 0 spiro atoms. The maximum absolute atomic E-state index is 12.4. The summed E-state index contributed by atoms with van der Waals surface area (Å²) in [5, 5.41) is 0. The number of aryl methyl sites for hydroxylation is 1. The van der Waals surface area contributed by atoms with Gasteiger partial charge in [-0.05, 0) is 19.8 Å². The van der Waals surface area contributed by atoms with E-state index in [4.69, 9.17) is 5.73 Å². The molecule has 1 aromatic rings. The van der Waals surface area contributed by atoms with Crippen LogP contribution in [0.1, 0.15) is 38.9 Å². The Bertz CT molecular complexity index is 413. The molecular formula is C13H21N3O. The zero-order valence-electron chi connectivity index (χ0n) is 10.6. The van der Waals surface area contributed by atoms with Gasteiger partial charge in [0.15, 0.2) is 0 Å². The van der Waals surface area contributed by atoms with Gasteiger partial charge in [-0.1, -0.05) is 13.3 Å². The predicted octanol–water partition coefficient (Wildman–Crippen LogP) is 1.53. The average Bonchev–Trinajstić information content (AvgIpc) is 2.87. The average molecular weight is 235 g/mol. The van der Waals surface area contributed by atoms with Crippen LogP contribution in [-0.4, -0.2) is 21.4 Å². The van der Waals surface area contributed by atoms with Crippen molar-refractivity contribution in [2.75, 3.05) is 0 Å². The Hall–Kier alpha value is -1.16. The molecule has 2 atom stereocenters. The van der Waals surface area contributed by atoms with Gasteiger partial charge >= 0.3 is 0 Å². The summed E-state index contributed by atoms with van der Waals surface area (Å²) in [6.45, 7) is 4.91. The van der Waals surface area contributed by atoms with Crippen molar-refractivity contribution in [3.05, 3.63) is 18.2 Å². The van der Waals surface area contributed by atoms with E-state index in [1.807, 2.05) is 17.7 Å². The van der Waals surface area contributed by atoms with Gasteiger partial charge < -0.3 is 10.3 Å². The minimum Gasteiger partial charge on any atom is -0.335 e. The smallest absolute Gasteiger partial charge is 0.147 e. The molecule has 94 valence electrons. The second kappa shape index (κ2) is 4.61. The van der Waals surface area contributed by atoms with Crippen LogP contribution in [0.3, 0.4) is 0 Å². The molecule has 1 aliphatic carbocycles.